The van der Waals surface area contributed by atoms with E-state index in [9.17, 15) is 19.4 Å². The molecule has 0 spiro atoms. The lowest BCUT2D eigenvalue weighted by atomic mass is 9.95. The summed E-state index contributed by atoms with van der Waals surface area (Å²) < 4.78 is 14.9. The number of carbonyl (C=O) groups is 1. The van der Waals surface area contributed by atoms with Crippen LogP contribution in [0.4, 0.5) is 15.8 Å². The van der Waals surface area contributed by atoms with Gasteiger partial charge >= 0.3 is 0 Å². The number of piperazine rings is 1. The molecule has 0 radical (unpaired) electrons. The quantitative estimate of drug-likeness (QED) is 0.367. The molecule has 1 aliphatic heterocycles. The van der Waals surface area contributed by atoms with Crippen LogP contribution in [0, 0.1) is 5.82 Å². The smallest absolute Gasteiger partial charge is 0.214 e. The van der Waals surface area contributed by atoms with E-state index in [0.717, 1.165) is 43.8 Å². The first-order valence-electron chi connectivity index (χ1n) is 12.2. The number of phenols is 1. The summed E-state index contributed by atoms with van der Waals surface area (Å²) in [6.45, 7) is 4.25. The Morgan fingerprint density at radius 1 is 1.03 bits per heavy atom. The van der Waals surface area contributed by atoms with Crippen LogP contribution in [0.5, 0.6) is 5.75 Å². The number of likely N-dealkylation sites (N-methyl/N-ethyl adjacent to an activating group) is 1. The van der Waals surface area contributed by atoms with Crippen LogP contribution in [0.15, 0.2) is 48.5 Å². The van der Waals surface area contributed by atoms with Gasteiger partial charge in [0.05, 0.1) is 17.3 Å². The fourth-order valence-corrected chi connectivity index (χ4v) is 4.84. The van der Waals surface area contributed by atoms with Gasteiger partial charge in [-0.2, -0.15) is 0 Å². The number of aromatic hydroxyl groups is 1. The molecule has 9 heteroatoms. The molecule has 37 heavy (non-hydrogen) atoms. The molecule has 0 aromatic heterocycles. The van der Waals surface area contributed by atoms with Gasteiger partial charge < -0.3 is 30.2 Å². The zero-order valence-electron chi connectivity index (χ0n) is 21.0. The van der Waals surface area contributed by atoms with Crippen molar-refractivity contribution in [3.05, 3.63) is 64.9 Å². The molecule has 3 aromatic carbocycles. The van der Waals surface area contributed by atoms with Crippen LogP contribution in [0.1, 0.15) is 5.56 Å². The Balaban J connectivity index is 1.72. The summed E-state index contributed by atoms with van der Waals surface area (Å²) in [7, 11) is 3.84. The summed E-state index contributed by atoms with van der Waals surface area (Å²) in [4.78, 5) is 17.3. The standard InChI is InChI=1S/C28H32ClFN4O3/c1-32(2)11-12-34(18-36)26-6-5-19(13-25(26)29)23-15-22(30)16-24(28(23)37)20-3-4-21(17-35)27(14-20)33-9-7-31-8-10-33/h3-6,13-16,18,31,35,37H,7-12,17H2,1-2H3. The van der Waals surface area contributed by atoms with E-state index in [-0.39, 0.29) is 12.4 Å². The molecule has 0 atom stereocenters. The molecule has 0 unspecified atom stereocenters. The number of anilines is 2. The molecule has 1 fully saturated rings. The fraction of sp³-hybridized carbons (Fsp3) is 0.321. The Kier molecular flexibility index (Phi) is 8.66. The van der Waals surface area contributed by atoms with Crippen molar-refractivity contribution in [1.29, 1.82) is 0 Å². The van der Waals surface area contributed by atoms with Gasteiger partial charge in [-0.25, -0.2) is 4.39 Å². The normalized spacial score (nSPS) is 13.7. The topological polar surface area (TPSA) is 79.3 Å². The number of halogens is 2. The highest BCUT2D eigenvalue weighted by molar-refractivity contribution is 6.34. The van der Waals surface area contributed by atoms with E-state index in [0.29, 0.717) is 46.1 Å². The number of carbonyl (C=O) groups excluding carboxylic acids is 1. The number of amides is 1. The monoisotopic (exact) mass is 526 g/mol. The van der Waals surface area contributed by atoms with Gasteiger partial charge in [0.25, 0.3) is 0 Å². The molecule has 4 rings (SSSR count). The summed E-state index contributed by atoms with van der Waals surface area (Å²) in [6.07, 6.45) is 0.730. The third kappa shape index (κ3) is 6.05. The van der Waals surface area contributed by atoms with Gasteiger partial charge in [0, 0.05) is 61.6 Å². The Hall–Kier alpha value is -3.17. The van der Waals surface area contributed by atoms with Crippen molar-refractivity contribution < 1.29 is 19.4 Å². The van der Waals surface area contributed by atoms with E-state index in [1.165, 1.54) is 17.0 Å². The number of nitrogens with one attached hydrogen (secondary N) is 1. The van der Waals surface area contributed by atoms with Crippen molar-refractivity contribution in [2.24, 2.45) is 0 Å². The molecular weight excluding hydrogens is 495 g/mol. The number of nitrogens with zero attached hydrogens (tertiary/aromatic N) is 3. The van der Waals surface area contributed by atoms with E-state index in [4.69, 9.17) is 11.6 Å². The van der Waals surface area contributed by atoms with Crippen molar-refractivity contribution in [2.75, 3.05) is 63.2 Å². The molecule has 196 valence electrons. The number of hydrogen-bond acceptors (Lipinski definition) is 6. The highest BCUT2D eigenvalue weighted by atomic mass is 35.5. The highest BCUT2D eigenvalue weighted by Gasteiger charge is 2.19. The average molecular weight is 527 g/mol. The molecular formula is C28H32ClFN4O3. The molecule has 1 saturated heterocycles. The molecule has 0 bridgehead atoms. The van der Waals surface area contributed by atoms with Crippen LogP contribution in [0.3, 0.4) is 0 Å². The third-order valence-corrected chi connectivity index (χ3v) is 6.89. The number of aliphatic hydroxyl groups is 1. The number of hydrogen-bond donors (Lipinski definition) is 3. The van der Waals surface area contributed by atoms with E-state index in [1.807, 2.05) is 31.1 Å². The van der Waals surface area contributed by atoms with E-state index >= 15 is 0 Å². The lowest BCUT2D eigenvalue weighted by Gasteiger charge is -2.31. The molecule has 1 amide bonds. The summed E-state index contributed by atoms with van der Waals surface area (Å²) in [5.41, 5.74) is 3.99. The Morgan fingerprint density at radius 3 is 2.27 bits per heavy atom. The molecule has 7 nitrogen and oxygen atoms in total. The first kappa shape index (κ1) is 26.9. The van der Waals surface area contributed by atoms with E-state index in [1.54, 1.807) is 24.3 Å². The van der Waals surface area contributed by atoms with Crippen LogP contribution in [-0.2, 0) is 11.4 Å². The van der Waals surface area contributed by atoms with E-state index in [2.05, 4.69) is 10.2 Å². The summed E-state index contributed by atoms with van der Waals surface area (Å²) in [6, 6.07) is 13.1. The zero-order chi connectivity index (χ0) is 26.5. The largest absolute Gasteiger partial charge is 0.507 e. The molecule has 1 heterocycles. The molecule has 1 aliphatic rings. The van der Waals surface area contributed by atoms with Crippen LogP contribution in [-0.4, -0.2) is 74.9 Å². The molecule has 3 N–H and O–H groups in total. The van der Waals surface area contributed by atoms with Gasteiger partial charge in [-0.1, -0.05) is 29.8 Å². The minimum absolute atomic E-state index is 0.0759. The second-order valence-electron chi connectivity index (χ2n) is 9.36. The Labute approximate surface area is 221 Å². The number of benzene rings is 3. The Bertz CT molecular complexity index is 1260. The number of phenolic OH excluding ortho intramolecular Hbond substituents is 1. The van der Waals surface area contributed by atoms with Crippen LogP contribution in [0.2, 0.25) is 5.02 Å². The van der Waals surface area contributed by atoms with Crippen molar-refractivity contribution in [2.45, 2.75) is 6.61 Å². The van der Waals surface area contributed by atoms with Crippen molar-refractivity contribution in [3.63, 3.8) is 0 Å². The fourth-order valence-electron chi connectivity index (χ4n) is 4.55. The second-order valence-corrected chi connectivity index (χ2v) is 9.76. The van der Waals surface area contributed by atoms with Crippen molar-refractivity contribution in [1.82, 2.24) is 10.2 Å². The maximum atomic E-state index is 14.9. The predicted molar refractivity (Wildman–Crippen MR) is 147 cm³/mol. The van der Waals surface area contributed by atoms with Gasteiger partial charge in [-0.05, 0) is 55.6 Å². The second kappa shape index (κ2) is 11.9. The van der Waals surface area contributed by atoms with Crippen LogP contribution in [0.25, 0.3) is 22.3 Å². The van der Waals surface area contributed by atoms with Gasteiger partial charge in [-0.15, -0.1) is 0 Å². The van der Waals surface area contributed by atoms with Gasteiger partial charge in [0.1, 0.15) is 11.6 Å². The molecule has 3 aromatic rings. The summed E-state index contributed by atoms with van der Waals surface area (Å²) in [5, 5.41) is 24.8. The lowest BCUT2D eigenvalue weighted by molar-refractivity contribution is -0.107. The van der Waals surface area contributed by atoms with Gasteiger partial charge in [0.15, 0.2) is 0 Å². The van der Waals surface area contributed by atoms with Gasteiger partial charge in [-0.3, -0.25) is 4.79 Å². The Morgan fingerprint density at radius 2 is 1.68 bits per heavy atom. The minimum atomic E-state index is -0.501. The third-order valence-electron chi connectivity index (χ3n) is 6.58. The molecule has 0 saturated carbocycles. The zero-order valence-corrected chi connectivity index (χ0v) is 21.8. The summed E-state index contributed by atoms with van der Waals surface area (Å²) in [5.74, 6) is -0.577. The maximum Gasteiger partial charge on any atom is 0.214 e. The van der Waals surface area contributed by atoms with Crippen LogP contribution >= 0.6 is 11.6 Å². The van der Waals surface area contributed by atoms with Crippen molar-refractivity contribution >= 4 is 29.4 Å². The lowest BCUT2D eigenvalue weighted by Crippen LogP contribution is -2.43. The first-order valence-corrected chi connectivity index (χ1v) is 12.6. The minimum Gasteiger partial charge on any atom is -0.507 e. The van der Waals surface area contributed by atoms with E-state index < -0.39 is 5.82 Å². The number of aliphatic hydroxyl groups excluding tert-OH is 1. The average Bonchev–Trinajstić information content (AvgIpc) is 2.90. The number of rotatable bonds is 9. The van der Waals surface area contributed by atoms with Crippen molar-refractivity contribution in [3.8, 4) is 28.0 Å². The highest BCUT2D eigenvalue weighted by Crippen LogP contribution is 2.42. The summed E-state index contributed by atoms with van der Waals surface area (Å²) >= 11 is 6.53. The predicted octanol–water partition coefficient (Wildman–Crippen LogP) is 3.95. The molecule has 0 aliphatic carbocycles. The maximum absolute atomic E-state index is 14.9. The SMILES string of the molecule is CN(C)CCN(C=O)c1ccc(-c2cc(F)cc(-c3ccc(CO)c(N4CCNCC4)c3)c2O)cc1Cl. The van der Waals surface area contributed by atoms with Gasteiger partial charge in [0.2, 0.25) is 6.41 Å². The first-order chi connectivity index (χ1) is 17.8. The van der Waals surface area contributed by atoms with Crippen LogP contribution < -0.4 is 15.1 Å².